The molecule has 0 radical (unpaired) electrons. The van der Waals surface area contributed by atoms with Crippen molar-refractivity contribution in [2.24, 2.45) is 0 Å². The van der Waals surface area contributed by atoms with Gasteiger partial charge in [-0.05, 0) is 42.7 Å². The van der Waals surface area contributed by atoms with Gasteiger partial charge in [0, 0.05) is 30.2 Å². The van der Waals surface area contributed by atoms with E-state index in [0.717, 1.165) is 29.3 Å². The molecular weight excluding hydrogens is 378 g/mol. The highest BCUT2D eigenvalue weighted by atomic mass is 32.2. The molecule has 0 unspecified atom stereocenters. The van der Waals surface area contributed by atoms with Crippen LogP contribution < -0.4 is 5.32 Å². The molecule has 1 saturated heterocycles. The van der Waals surface area contributed by atoms with Gasteiger partial charge in [0.15, 0.2) is 0 Å². The van der Waals surface area contributed by atoms with Gasteiger partial charge in [0.2, 0.25) is 15.9 Å². The summed E-state index contributed by atoms with van der Waals surface area (Å²) in [5.74, 6) is -0.511. The Bertz CT molecular complexity index is 1130. The summed E-state index contributed by atoms with van der Waals surface area (Å²) in [6.45, 7) is 0.983. The minimum atomic E-state index is -3.63. The van der Waals surface area contributed by atoms with E-state index < -0.39 is 10.0 Å². The zero-order valence-electron chi connectivity index (χ0n) is 15.2. The molecule has 1 aliphatic heterocycles. The lowest BCUT2D eigenvalue weighted by atomic mass is 10.1. The molecule has 0 atom stereocenters. The number of sulfonamides is 1. The summed E-state index contributed by atoms with van der Waals surface area (Å²) >= 11 is 0. The SMILES string of the molecule is O=C(Cc1c[nH]c2ccccc12)Nc1cc(S(=O)(=O)N2CCCC2)ccc1O. The summed E-state index contributed by atoms with van der Waals surface area (Å²) in [7, 11) is -3.63. The van der Waals surface area contributed by atoms with Crippen LogP contribution >= 0.6 is 0 Å². The summed E-state index contributed by atoms with van der Waals surface area (Å²) in [6, 6.07) is 11.6. The van der Waals surface area contributed by atoms with Crippen LogP contribution in [0.15, 0.2) is 53.6 Å². The first-order valence-corrected chi connectivity index (χ1v) is 10.6. The van der Waals surface area contributed by atoms with Crippen molar-refractivity contribution in [3.05, 3.63) is 54.2 Å². The number of carbonyl (C=O) groups is 1. The van der Waals surface area contributed by atoms with E-state index in [4.69, 9.17) is 0 Å². The predicted octanol–water partition coefficient (Wildman–Crippen LogP) is 2.84. The van der Waals surface area contributed by atoms with Crippen molar-refractivity contribution in [2.45, 2.75) is 24.2 Å². The molecule has 0 spiro atoms. The number of benzene rings is 2. The molecule has 2 aromatic carbocycles. The summed E-state index contributed by atoms with van der Waals surface area (Å²) < 4.78 is 26.9. The first kappa shape index (κ1) is 18.5. The van der Waals surface area contributed by atoms with E-state index in [9.17, 15) is 18.3 Å². The lowest BCUT2D eigenvalue weighted by Gasteiger charge is -2.16. The maximum Gasteiger partial charge on any atom is 0.243 e. The number of aromatic nitrogens is 1. The number of hydrogen-bond acceptors (Lipinski definition) is 4. The molecule has 1 aliphatic rings. The number of nitrogens with one attached hydrogen (secondary N) is 2. The molecule has 28 heavy (non-hydrogen) atoms. The van der Waals surface area contributed by atoms with Crippen LogP contribution in [0.2, 0.25) is 0 Å². The van der Waals surface area contributed by atoms with Crippen molar-refractivity contribution in [1.82, 2.24) is 9.29 Å². The fourth-order valence-electron chi connectivity index (χ4n) is 3.50. The zero-order chi connectivity index (χ0) is 19.7. The number of aromatic hydroxyl groups is 1. The average molecular weight is 399 g/mol. The fraction of sp³-hybridized carbons (Fsp3) is 0.250. The molecule has 4 rings (SSSR count). The minimum Gasteiger partial charge on any atom is -0.506 e. The molecular formula is C20H21N3O4S. The van der Waals surface area contributed by atoms with E-state index in [1.54, 1.807) is 6.20 Å². The van der Waals surface area contributed by atoms with Crippen molar-refractivity contribution in [3.63, 3.8) is 0 Å². The van der Waals surface area contributed by atoms with Crippen molar-refractivity contribution in [2.75, 3.05) is 18.4 Å². The Morgan fingerprint density at radius 1 is 1.14 bits per heavy atom. The third-order valence-electron chi connectivity index (χ3n) is 4.97. The number of amides is 1. The highest BCUT2D eigenvalue weighted by molar-refractivity contribution is 7.89. The number of rotatable bonds is 5. The second-order valence-electron chi connectivity index (χ2n) is 6.87. The van der Waals surface area contributed by atoms with Gasteiger partial charge in [-0.15, -0.1) is 0 Å². The van der Waals surface area contributed by atoms with Crippen LogP contribution in [0.1, 0.15) is 18.4 Å². The molecule has 0 aliphatic carbocycles. The van der Waals surface area contributed by atoms with E-state index in [0.29, 0.717) is 13.1 Å². The Kier molecular flexibility index (Phi) is 4.82. The van der Waals surface area contributed by atoms with Gasteiger partial charge in [0.05, 0.1) is 17.0 Å². The summed E-state index contributed by atoms with van der Waals surface area (Å²) in [4.78, 5) is 15.7. The summed E-state index contributed by atoms with van der Waals surface area (Å²) in [5, 5.41) is 13.7. The average Bonchev–Trinajstić information content (AvgIpc) is 3.34. The molecule has 7 nitrogen and oxygen atoms in total. The zero-order valence-corrected chi connectivity index (χ0v) is 16.0. The summed E-state index contributed by atoms with van der Waals surface area (Å²) in [5.41, 5.74) is 1.85. The van der Waals surface area contributed by atoms with E-state index in [1.807, 2.05) is 24.3 Å². The number of fused-ring (bicyclic) bond motifs is 1. The van der Waals surface area contributed by atoms with E-state index in [2.05, 4.69) is 10.3 Å². The van der Waals surface area contributed by atoms with Crippen molar-refractivity contribution >= 4 is 32.5 Å². The Hall–Kier alpha value is -2.84. The lowest BCUT2D eigenvalue weighted by Crippen LogP contribution is -2.28. The highest BCUT2D eigenvalue weighted by Crippen LogP contribution is 2.29. The molecule has 2 heterocycles. The smallest absolute Gasteiger partial charge is 0.243 e. The number of aromatic amines is 1. The maximum absolute atomic E-state index is 12.7. The Morgan fingerprint density at radius 3 is 2.68 bits per heavy atom. The fourth-order valence-corrected chi connectivity index (χ4v) is 5.04. The Labute approximate surface area is 163 Å². The number of nitrogens with zero attached hydrogens (tertiary/aromatic N) is 1. The second kappa shape index (κ2) is 7.29. The third-order valence-corrected chi connectivity index (χ3v) is 6.87. The molecule has 1 aromatic heterocycles. The van der Waals surface area contributed by atoms with Crippen LogP contribution in [0.5, 0.6) is 5.75 Å². The van der Waals surface area contributed by atoms with E-state index in [-0.39, 0.29) is 28.7 Å². The van der Waals surface area contributed by atoms with Gasteiger partial charge in [0.1, 0.15) is 5.75 Å². The number of H-pyrrole nitrogens is 1. The second-order valence-corrected chi connectivity index (χ2v) is 8.81. The third kappa shape index (κ3) is 3.48. The van der Waals surface area contributed by atoms with Crippen LogP contribution in [0.3, 0.4) is 0 Å². The molecule has 3 aromatic rings. The number of para-hydroxylation sites is 1. The molecule has 1 amide bonds. The quantitative estimate of drug-likeness (QED) is 0.574. The van der Waals surface area contributed by atoms with Gasteiger partial charge < -0.3 is 15.4 Å². The number of hydrogen-bond donors (Lipinski definition) is 3. The van der Waals surface area contributed by atoms with Crippen LogP contribution in [0.4, 0.5) is 5.69 Å². The number of phenolic OH excluding ortho intramolecular Hbond substituents is 1. The lowest BCUT2D eigenvalue weighted by molar-refractivity contribution is -0.115. The largest absolute Gasteiger partial charge is 0.506 e. The standard InChI is InChI=1S/C20H21N3O4S/c24-19-8-7-15(28(26,27)23-9-3-4-10-23)12-18(19)22-20(25)11-14-13-21-17-6-2-1-5-16(14)17/h1-2,5-8,12-13,21,24H,3-4,9-11H2,(H,22,25). The summed E-state index contributed by atoms with van der Waals surface area (Å²) in [6.07, 6.45) is 3.56. The topological polar surface area (TPSA) is 102 Å². The van der Waals surface area contributed by atoms with Gasteiger partial charge in [-0.2, -0.15) is 4.31 Å². The molecule has 3 N–H and O–H groups in total. The molecule has 1 fully saturated rings. The van der Waals surface area contributed by atoms with Gasteiger partial charge >= 0.3 is 0 Å². The van der Waals surface area contributed by atoms with Crippen LogP contribution in [-0.4, -0.2) is 41.8 Å². The van der Waals surface area contributed by atoms with Gasteiger partial charge in [-0.3, -0.25) is 4.79 Å². The molecule has 146 valence electrons. The van der Waals surface area contributed by atoms with Crippen molar-refractivity contribution in [1.29, 1.82) is 0 Å². The maximum atomic E-state index is 12.7. The Balaban J connectivity index is 1.55. The van der Waals surface area contributed by atoms with Crippen LogP contribution in [0.25, 0.3) is 10.9 Å². The van der Waals surface area contributed by atoms with Crippen LogP contribution in [0, 0.1) is 0 Å². The molecule has 8 heteroatoms. The normalized spacial score (nSPS) is 15.1. The number of anilines is 1. The number of phenols is 1. The first-order valence-electron chi connectivity index (χ1n) is 9.13. The van der Waals surface area contributed by atoms with E-state index in [1.165, 1.54) is 22.5 Å². The Morgan fingerprint density at radius 2 is 1.89 bits per heavy atom. The van der Waals surface area contributed by atoms with E-state index >= 15 is 0 Å². The minimum absolute atomic E-state index is 0.0644. The molecule has 0 saturated carbocycles. The van der Waals surface area contributed by atoms with Gasteiger partial charge in [-0.1, -0.05) is 18.2 Å². The number of carbonyl (C=O) groups excluding carboxylic acids is 1. The van der Waals surface area contributed by atoms with Crippen LogP contribution in [-0.2, 0) is 21.2 Å². The first-order chi connectivity index (χ1) is 13.4. The molecule has 0 bridgehead atoms. The monoisotopic (exact) mass is 399 g/mol. The highest BCUT2D eigenvalue weighted by Gasteiger charge is 2.28. The van der Waals surface area contributed by atoms with Gasteiger partial charge in [0.25, 0.3) is 0 Å². The predicted molar refractivity (Wildman–Crippen MR) is 107 cm³/mol. The van der Waals surface area contributed by atoms with Gasteiger partial charge in [-0.25, -0.2) is 8.42 Å². The van der Waals surface area contributed by atoms with Crippen molar-refractivity contribution in [3.8, 4) is 5.75 Å². The van der Waals surface area contributed by atoms with Crippen molar-refractivity contribution < 1.29 is 18.3 Å².